The van der Waals surface area contributed by atoms with Crippen LogP contribution in [-0.2, 0) is 4.79 Å². The Labute approximate surface area is 172 Å². The van der Waals surface area contributed by atoms with Crippen LogP contribution in [0.15, 0.2) is 24.3 Å². The molecule has 0 unspecified atom stereocenters. The predicted octanol–water partition coefficient (Wildman–Crippen LogP) is 2.37. The van der Waals surface area contributed by atoms with E-state index in [1.165, 1.54) is 4.68 Å². The van der Waals surface area contributed by atoms with E-state index in [9.17, 15) is 14.4 Å². The minimum atomic E-state index is -0.933. The number of carbonyl (C=O) groups excluding carboxylic acids is 3. The van der Waals surface area contributed by atoms with E-state index < -0.39 is 23.4 Å². The molecule has 2 heterocycles. The van der Waals surface area contributed by atoms with Crippen LogP contribution in [-0.4, -0.2) is 43.2 Å². The Morgan fingerprint density at radius 3 is 2.66 bits per heavy atom. The molecule has 1 saturated carbocycles. The van der Waals surface area contributed by atoms with Gasteiger partial charge in [-0.25, -0.2) is 19.9 Å². The summed E-state index contributed by atoms with van der Waals surface area (Å²) in [5, 5.41) is 8.14. The molecular weight excluding hydrogens is 396 g/mol. The summed E-state index contributed by atoms with van der Waals surface area (Å²) < 4.78 is 1.44. The predicted molar refractivity (Wildman–Crippen MR) is 104 cm³/mol. The summed E-state index contributed by atoms with van der Waals surface area (Å²) in [6.07, 6.45) is 2.81. The van der Waals surface area contributed by atoms with E-state index in [0.29, 0.717) is 35.3 Å². The summed E-state index contributed by atoms with van der Waals surface area (Å²) in [5.74, 6) is -0.400. The second-order valence-electron chi connectivity index (χ2n) is 7.62. The average Bonchev–Trinajstić information content (AvgIpc) is 3.18. The number of aryl methyl sites for hydroxylation is 1. The molecule has 0 bridgehead atoms. The maximum Gasteiger partial charge on any atom is 0.344 e. The van der Waals surface area contributed by atoms with E-state index in [4.69, 9.17) is 11.6 Å². The fourth-order valence-corrected chi connectivity index (χ4v) is 4.02. The van der Waals surface area contributed by atoms with Crippen molar-refractivity contribution < 1.29 is 14.4 Å². The van der Waals surface area contributed by atoms with Crippen molar-refractivity contribution in [3.63, 3.8) is 0 Å². The van der Waals surface area contributed by atoms with E-state index in [1.807, 2.05) is 0 Å². The molecule has 2 aromatic rings. The molecule has 0 atom stereocenters. The normalized spacial score (nSPS) is 24.1. The van der Waals surface area contributed by atoms with Gasteiger partial charge in [-0.15, -0.1) is 5.10 Å². The van der Waals surface area contributed by atoms with Gasteiger partial charge in [0.1, 0.15) is 11.4 Å². The van der Waals surface area contributed by atoms with Crippen LogP contribution >= 0.6 is 11.6 Å². The lowest BCUT2D eigenvalue weighted by Crippen LogP contribution is -2.51. The lowest BCUT2D eigenvalue weighted by Gasteiger charge is -2.33. The maximum atomic E-state index is 12.9. The number of carbonyl (C=O) groups is 3. The molecule has 9 nitrogen and oxygen atoms in total. The minimum Gasteiger partial charge on any atom is -0.322 e. The van der Waals surface area contributed by atoms with Crippen molar-refractivity contribution in [1.82, 2.24) is 30.5 Å². The van der Waals surface area contributed by atoms with Crippen molar-refractivity contribution in [1.29, 1.82) is 0 Å². The number of hydrazine groups is 1. The average molecular weight is 417 g/mol. The first-order chi connectivity index (χ1) is 13.8. The smallest absolute Gasteiger partial charge is 0.322 e. The van der Waals surface area contributed by atoms with E-state index in [0.717, 1.165) is 17.9 Å². The first-order valence-corrected chi connectivity index (χ1v) is 9.85. The zero-order valence-electron chi connectivity index (χ0n) is 16.1. The van der Waals surface area contributed by atoms with Crippen molar-refractivity contribution >= 4 is 29.4 Å². The number of halogens is 1. The topological polar surface area (TPSA) is 109 Å². The SMILES string of the molecule is Cc1nc(C(=O)NN2C(=O)NC3(CCC(C)CC3)C2=O)nn1-c1ccccc1Cl. The molecule has 1 aromatic carbocycles. The number of amides is 4. The molecule has 4 rings (SSSR count). The Bertz CT molecular complexity index is 996. The summed E-state index contributed by atoms with van der Waals surface area (Å²) in [5.41, 5.74) is 1.98. The van der Waals surface area contributed by atoms with Gasteiger partial charge < -0.3 is 5.32 Å². The summed E-state index contributed by atoms with van der Waals surface area (Å²) in [6, 6.07) is 6.39. The third kappa shape index (κ3) is 3.35. The van der Waals surface area contributed by atoms with Crippen LogP contribution in [0.1, 0.15) is 49.1 Å². The van der Waals surface area contributed by atoms with Gasteiger partial charge in [0.2, 0.25) is 5.82 Å². The van der Waals surface area contributed by atoms with Gasteiger partial charge in [0.15, 0.2) is 0 Å². The fourth-order valence-electron chi connectivity index (χ4n) is 3.81. The van der Waals surface area contributed by atoms with Gasteiger partial charge in [0.25, 0.3) is 5.91 Å². The van der Waals surface area contributed by atoms with Crippen LogP contribution in [0.5, 0.6) is 0 Å². The van der Waals surface area contributed by atoms with Crippen LogP contribution in [0.4, 0.5) is 4.79 Å². The first kappa shape index (κ1) is 19.4. The second kappa shape index (κ2) is 7.14. The molecule has 152 valence electrons. The molecule has 1 aliphatic carbocycles. The Morgan fingerprint density at radius 2 is 1.97 bits per heavy atom. The fraction of sp³-hybridized carbons (Fsp3) is 0.421. The number of hydrogen-bond acceptors (Lipinski definition) is 5. The Balaban J connectivity index is 1.53. The van der Waals surface area contributed by atoms with Crippen LogP contribution in [0, 0.1) is 12.8 Å². The van der Waals surface area contributed by atoms with Crippen molar-refractivity contribution in [2.75, 3.05) is 0 Å². The number of rotatable bonds is 3. The van der Waals surface area contributed by atoms with Crippen molar-refractivity contribution in [2.45, 2.75) is 45.1 Å². The molecule has 0 radical (unpaired) electrons. The van der Waals surface area contributed by atoms with Crippen molar-refractivity contribution in [3.05, 3.63) is 40.9 Å². The van der Waals surface area contributed by atoms with Crippen LogP contribution in [0.3, 0.4) is 0 Å². The molecule has 2 fully saturated rings. The van der Waals surface area contributed by atoms with E-state index >= 15 is 0 Å². The number of para-hydroxylation sites is 1. The number of imide groups is 1. The number of benzene rings is 1. The third-order valence-electron chi connectivity index (χ3n) is 5.56. The van der Waals surface area contributed by atoms with E-state index in [-0.39, 0.29) is 5.82 Å². The number of urea groups is 1. The van der Waals surface area contributed by atoms with Gasteiger partial charge in [0, 0.05) is 0 Å². The summed E-state index contributed by atoms with van der Waals surface area (Å²) in [4.78, 5) is 42.0. The lowest BCUT2D eigenvalue weighted by atomic mass is 9.77. The molecular formula is C19H21ClN6O3. The minimum absolute atomic E-state index is 0.166. The van der Waals surface area contributed by atoms with Crippen LogP contribution in [0.25, 0.3) is 5.69 Å². The van der Waals surface area contributed by atoms with Gasteiger partial charge in [-0.2, -0.15) is 5.01 Å². The molecule has 4 amide bonds. The molecule has 1 spiro atoms. The van der Waals surface area contributed by atoms with Crippen molar-refractivity contribution in [2.24, 2.45) is 5.92 Å². The molecule has 1 saturated heterocycles. The molecule has 1 aliphatic heterocycles. The Kier molecular flexibility index (Phi) is 4.77. The molecule has 2 N–H and O–H groups in total. The highest BCUT2D eigenvalue weighted by molar-refractivity contribution is 6.32. The maximum absolute atomic E-state index is 12.9. The highest BCUT2D eigenvalue weighted by Crippen LogP contribution is 2.35. The Hall–Kier alpha value is -2.94. The summed E-state index contributed by atoms with van der Waals surface area (Å²) in [6.45, 7) is 3.80. The standard InChI is InChI=1S/C19H21ClN6O3/c1-11-7-9-19(10-8-11)17(28)26(18(29)22-19)24-16(27)15-21-12(2)25(23-15)14-6-4-3-5-13(14)20/h3-6,11H,7-10H2,1-2H3,(H,22,29)(H,24,27). The molecule has 2 aliphatic rings. The number of aromatic nitrogens is 3. The zero-order valence-corrected chi connectivity index (χ0v) is 16.9. The van der Waals surface area contributed by atoms with E-state index in [1.54, 1.807) is 31.2 Å². The van der Waals surface area contributed by atoms with Crippen LogP contribution in [0.2, 0.25) is 5.02 Å². The quantitative estimate of drug-likeness (QED) is 0.746. The summed E-state index contributed by atoms with van der Waals surface area (Å²) in [7, 11) is 0. The van der Waals surface area contributed by atoms with Crippen LogP contribution < -0.4 is 10.7 Å². The van der Waals surface area contributed by atoms with Gasteiger partial charge in [-0.05, 0) is 50.7 Å². The van der Waals surface area contributed by atoms with Gasteiger partial charge in [0.05, 0.1) is 10.7 Å². The largest absolute Gasteiger partial charge is 0.344 e. The Morgan fingerprint density at radius 1 is 1.28 bits per heavy atom. The molecule has 29 heavy (non-hydrogen) atoms. The first-order valence-electron chi connectivity index (χ1n) is 9.47. The molecule has 10 heteroatoms. The third-order valence-corrected chi connectivity index (χ3v) is 5.88. The van der Waals surface area contributed by atoms with Gasteiger partial charge in [-0.1, -0.05) is 30.7 Å². The number of nitrogens with zero attached hydrogens (tertiary/aromatic N) is 4. The van der Waals surface area contributed by atoms with E-state index in [2.05, 4.69) is 27.7 Å². The second-order valence-corrected chi connectivity index (χ2v) is 8.03. The van der Waals surface area contributed by atoms with Gasteiger partial charge >= 0.3 is 11.9 Å². The summed E-state index contributed by atoms with van der Waals surface area (Å²) >= 11 is 6.19. The molecule has 1 aromatic heterocycles. The monoisotopic (exact) mass is 416 g/mol. The van der Waals surface area contributed by atoms with Crippen molar-refractivity contribution in [3.8, 4) is 5.69 Å². The highest BCUT2D eigenvalue weighted by atomic mass is 35.5. The number of nitrogens with one attached hydrogen (secondary N) is 2. The number of hydrogen-bond donors (Lipinski definition) is 2. The zero-order chi connectivity index (χ0) is 20.8. The van der Waals surface area contributed by atoms with Gasteiger partial charge in [-0.3, -0.25) is 9.59 Å². The highest BCUT2D eigenvalue weighted by Gasteiger charge is 2.53. The lowest BCUT2D eigenvalue weighted by molar-refractivity contribution is -0.134.